The number of likely N-dealkylation sites (N-methyl/N-ethyl adjacent to an activating group) is 1. The number of nitrogens with one attached hydrogen (secondary N) is 1. The van der Waals surface area contributed by atoms with E-state index in [4.69, 9.17) is 11.6 Å². The fourth-order valence-corrected chi connectivity index (χ4v) is 2.64. The van der Waals surface area contributed by atoms with Crippen molar-refractivity contribution in [1.82, 2.24) is 15.1 Å². The van der Waals surface area contributed by atoms with Crippen LogP contribution in [0.3, 0.4) is 0 Å². The second-order valence-electron chi connectivity index (χ2n) is 4.69. The lowest BCUT2D eigenvalue weighted by atomic mass is 10.0. The molecular weight excluding hydrogens is 338 g/mol. The molecule has 1 atom stereocenters. The van der Waals surface area contributed by atoms with Gasteiger partial charge in [0.15, 0.2) is 0 Å². The first-order valence-electron chi connectivity index (χ1n) is 6.83. The average molecular weight is 357 g/mol. The predicted octanol–water partition coefficient (Wildman–Crippen LogP) is 4.21. The van der Waals surface area contributed by atoms with E-state index in [-0.39, 0.29) is 6.04 Å². The molecule has 0 aliphatic carbocycles. The van der Waals surface area contributed by atoms with Crippen molar-refractivity contribution in [3.8, 4) is 0 Å². The summed E-state index contributed by atoms with van der Waals surface area (Å²) in [5.41, 5.74) is 2.43. The molecule has 0 aliphatic rings. The standard InChI is InChI=1S/C15H19BrClN3/c1-3-18-15(7-11-9-19-20(4-2)10-11)12-5-6-13(16)14(17)8-12/h5-6,8-10,15,18H,3-4,7H2,1-2H3. The Labute approximate surface area is 133 Å². The monoisotopic (exact) mass is 355 g/mol. The van der Waals surface area contributed by atoms with Crippen molar-refractivity contribution >= 4 is 27.5 Å². The van der Waals surface area contributed by atoms with Gasteiger partial charge in [-0.05, 0) is 59.1 Å². The van der Waals surface area contributed by atoms with E-state index < -0.39 is 0 Å². The number of halogens is 2. The van der Waals surface area contributed by atoms with Crippen LogP contribution < -0.4 is 5.32 Å². The van der Waals surface area contributed by atoms with Gasteiger partial charge in [0.2, 0.25) is 0 Å². The molecule has 1 N–H and O–H groups in total. The molecule has 2 rings (SSSR count). The van der Waals surface area contributed by atoms with Crippen molar-refractivity contribution in [1.29, 1.82) is 0 Å². The van der Waals surface area contributed by atoms with Crippen LogP contribution in [0, 0.1) is 0 Å². The molecule has 108 valence electrons. The quantitative estimate of drug-likeness (QED) is 0.840. The summed E-state index contributed by atoms with van der Waals surface area (Å²) in [7, 11) is 0. The van der Waals surface area contributed by atoms with Crippen LogP contribution in [0.4, 0.5) is 0 Å². The molecule has 0 saturated carbocycles. The molecule has 1 unspecified atom stereocenters. The molecule has 0 spiro atoms. The summed E-state index contributed by atoms with van der Waals surface area (Å²) in [6.45, 7) is 6.02. The van der Waals surface area contributed by atoms with Crippen LogP contribution in [-0.4, -0.2) is 16.3 Å². The Morgan fingerprint density at radius 1 is 1.40 bits per heavy atom. The van der Waals surface area contributed by atoms with Crippen LogP contribution in [0.1, 0.15) is 31.0 Å². The summed E-state index contributed by atoms with van der Waals surface area (Å²) < 4.78 is 2.88. The van der Waals surface area contributed by atoms with Gasteiger partial charge in [-0.2, -0.15) is 5.10 Å². The molecule has 2 aromatic rings. The fraction of sp³-hybridized carbons (Fsp3) is 0.400. The molecule has 20 heavy (non-hydrogen) atoms. The second-order valence-corrected chi connectivity index (χ2v) is 5.95. The van der Waals surface area contributed by atoms with Gasteiger partial charge in [-0.25, -0.2) is 0 Å². The van der Waals surface area contributed by atoms with Gasteiger partial charge < -0.3 is 5.32 Å². The summed E-state index contributed by atoms with van der Waals surface area (Å²) in [5, 5.41) is 8.58. The highest BCUT2D eigenvalue weighted by atomic mass is 79.9. The molecule has 0 bridgehead atoms. The SMILES string of the molecule is CCNC(Cc1cnn(CC)c1)c1ccc(Br)c(Cl)c1. The molecule has 0 amide bonds. The average Bonchev–Trinajstić information content (AvgIpc) is 2.89. The van der Waals surface area contributed by atoms with Gasteiger partial charge >= 0.3 is 0 Å². The largest absolute Gasteiger partial charge is 0.310 e. The van der Waals surface area contributed by atoms with E-state index in [1.165, 1.54) is 11.1 Å². The number of nitrogens with zero attached hydrogens (tertiary/aromatic N) is 2. The number of benzene rings is 1. The Morgan fingerprint density at radius 2 is 2.20 bits per heavy atom. The first kappa shape index (κ1) is 15.5. The lowest BCUT2D eigenvalue weighted by molar-refractivity contribution is 0.549. The number of aromatic nitrogens is 2. The van der Waals surface area contributed by atoms with Gasteiger partial charge in [-0.3, -0.25) is 4.68 Å². The minimum Gasteiger partial charge on any atom is -0.310 e. The number of hydrogen-bond donors (Lipinski definition) is 1. The Hall–Kier alpha value is -0.840. The number of hydrogen-bond acceptors (Lipinski definition) is 2. The smallest absolute Gasteiger partial charge is 0.0551 e. The molecule has 0 radical (unpaired) electrons. The third-order valence-electron chi connectivity index (χ3n) is 3.25. The minimum atomic E-state index is 0.250. The van der Waals surface area contributed by atoms with E-state index in [0.717, 1.165) is 29.0 Å². The lowest BCUT2D eigenvalue weighted by Crippen LogP contribution is -2.22. The van der Waals surface area contributed by atoms with Crippen molar-refractivity contribution in [3.63, 3.8) is 0 Å². The van der Waals surface area contributed by atoms with E-state index in [0.29, 0.717) is 0 Å². The third kappa shape index (κ3) is 3.84. The van der Waals surface area contributed by atoms with Crippen LogP contribution in [-0.2, 0) is 13.0 Å². The van der Waals surface area contributed by atoms with Crippen molar-refractivity contribution in [2.24, 2.45) is 0 Å². The van der Waals surface area contributed by atoms with Gasteiger partial charge in [0.05, 0.1) is 11.2 Å². The highest BCUT2D eigenvalue weighted by molar-refractivity contribution is 9.10. The number of aryl methyl sites for hydroxylation is 1. The maximum atomic E-state index is 6.20. The molecule has 0 fully saturated rings. The number of rotatable bonds is 6. The normalized spacial score (nSPS) is 12.6. The first-order chi connectivity index (χ1) is 9.63. The Morgan fingerprint density at radius 3 is 2.80 bits per heavy atom. The summed E-state index contributed by atoms with van der Waals surface area (Å²) in [6.07, 6.45) is 4.95. The Bertz CT molecular complexity index is 568. The predicted molar refractivity (Wildman–Crippen MR) is 87.2 cm³/mol. The zero-order valence-corrected chi connectivity index (χ0v) is 14.1. The van der Waals surface area contributed by atoms with Gasteiger partial charge in [0, 0.05) is 23.3 Å². The van der Waals surface area contributed by atoms with E-state index in [1.54, 1.807) is 0 Å². The van der Waals surface area contributed by atoms with Crippen molar-refractivity contribution in [2.45, 2.75) is 32.9 Å². The molecule has 5 heteroatoms. The van der Waals surface area contributed by atoms with E-state index in [1.807, 2.05) is 23.0 Å². The molecule has 1 aromatic carbocycles. The van der Waals surface area contributed by atoms with Crippen LogP contribution in [0.2, 0.25) is 5.02 Å². The van der Waals surface area contributed by atoms with E-state index in [2.05, 4.69) is 52.5 Å². The fourth-order valence-electron chi connectivity index (χ4n) is 2.20. The molecule has 0 saturated heterocycles. The Kier molecular flexibility index (Phi) is 5.64. The zero-order chi connectivity index (χ0) is 14.5. The summed E-state index contributed by atoms with van der Waals surface area (Å²) in [5.74, 6) is 0. The van der Waals surface area contributed by atoms with Gasteiger partial charge in [-0.15, -0.1) is 0 Å². The van der Waals surface area contributed by atoms with Gasteiger partial charge in [0.1, 0.15) is 0 Å². The van der Waals surface area contributed by atoms with E-state index in [9.17, 15) is 0 Å². The van der Waals surface area contributed by atoms with Crippen molar-refractivity contribution in [2.75, 3.05) is 6.54 Å². The van der Waals surface area contributed by atoms with Crippen LogP contribution >= 0.6 is 27.5 Å². The second kappa shape index (κ2) is 7.25. The first-order valence-corrected chi connectivity index (χ1v) is 8.00. The highest BCUT2D eigenvalue weighted by Crippen LogP contribution is 2.27. The molecule has 1 heterocycles. The minimum absolute atomic E-state index is 0.250. The molecule has 3 nitrogen and oxygen atoms in total. The maximum Gasteiger partial charge on any atom is 0.0551 e. The van der Waals surface area contributed by atoms with Crippen molar-refractivity contribution in [3.05, 3.63) is 51.2 Å². The maximum absolute atomic E-state index is 6.20. The van der Waals surface area contributed by atoms with Crippen LogP contribution in [0.15, 0.2) is 35.1 Å². The van der Waals surface area contributed by atoms with E-state index >= 15 is 0 Å². The zero-order valence-electron chi connectivity index (χ0n) is 11.7. The summed E-state index contributed by atoms with van der Waals surface area (Å²) in [6, 6.07) is 6.37. The summed E-state index contributed by atoms with van der Waals surface area (Å²) in [4.78, 5) is 0. The van der Waals surface area contributed by atoms with Gasteiger partial charge in [0.25, 0.3) is 0 Å². The topological polar surface area (TPSA) is 29.9 Å². The van der Waals surface area contributed by atoms with Crippen LogP contribution in [0.5, 0.6) is 0 Å². The van der Waals surface area contributed by atoms with Gasteiger partial charge in [-0.1, -0.05) is 24.6 Å². The van der Waals surface area contributed by atoms with Crippen molar-refractivity contribution < 1.29 is 0 Å². The molecular formula is C15H19BrClN3. The lowest BCUT2D eigenvalue weighted by Gasteiger charge is -2.18. The Balaban J connectivity index is 2.19. The van der Waals surface area contributed by atoms with Crippen LogP contribution in [0.25, 0.3) is 0 Å². The molecule has 1 aromatic heterocycles. The third-order valence-corrected chi connectivity index (χ3v) is 4.48. The summed E-state index contributed by atoms with van der Waals surface area (Å²) >= 11 is 9.63. The highest BCUT2D eigenvalue weighted by Gasteiger charge is 2.13. The molecule has 0 aliphatic heterocycles.